The van der Waals surface area contributed by atoms with Crippen molar-refractivity contribution >= 4 is 21.7 Å². The Balaban J connectivity index is 1.54. The topological polar surface area (TPSA) is 105 Å². The molecule has 1 aliphatic rings. The number of nitrogens with one attached hydrogen (secondary N) is 2. The van der Waals surface area contributed by atoms with E-state index in [-0.39, 0.29) is 35.6 Å². The molecule has 0 radical (unpaired) electrons. The number of aryl methyl sites for hydroxylation is 1. The first-order valence-electron chi connectivity index (χ1n) is 8.83. The van der Waals surface area contributed by atoms with Crippen molar-refractivity contribution in [2.75, 3.05) is 6.54 Å². The maximum Gasteiger partial charge on any atom is 0.240 e. The summed E-state index contributed by atoms with van der Waals surface area (Å²) in [6, 6.07) is 7.59. The number of hydrogen-bond acceptors (Lipinski definition) is 5. The van der Waals surface area contributed by atoms with E-state index in [2.05, 4.69) is 10.0 Å². The van der Waals surface area contributed by atoms with Crippen molar-refractivity contribution in [2.45, 2.75) is 43.5 Å². The Hall–Kier alpha value is -2.45. The largest absolute Gasteiger partial charge is 0.469 e. The van der Waals surface area contributed by atoms with Crippen molar-refractivity contribution < 1.29 is 22.4 Å². The summed E-state index contributed by atoms with van der Waals surface area (Å²) in [5.41, 5.74) is 1.32. The molecule has 1 amide bonds. The van der Waals surface area contributed by atoms with E-state index in [1.165, 1.54) is 25.1 Å². The van der Waals surface area contributed by atoms with Gasteiger partial charge < -0.3 is 9.73 Å². The molecular formula is C19H22N2O5S. The molecule has 1 heterocycles. The van der Waals surface area contributed by atoms with Gasteiger partial charge in [-0.1, -0.05) is 12.1 Å². The average molecular weight is 390 g/mol. The Morgan fingerprint density at radius 1 is 1.26 bits per heavy atom. The fourth-order valence-electron chi connectivity index (χ4n) is 3.17. The van der Waals surface area contributed by atoms with Crippen LogP contribution in [0, 0.1) is 0 Å². The van der Waals surface area contributed by atoms with E-state index in [4.69, 9.17) is 4.42 Å². The van der Waals surface area contributed by atoms with Crippen LogP contribution < -0.4 is 10.0 Å². The summed E-state index contributed by atoms with van der Waals surface area (Å²) in [4.78, 5) is 23.6. The molecule has 8 heteroatoms. The van der Waals surface area contributed by atoms with Gasteiger partial charge in [0.05, 0.1) is 17.2 Å². The highest BCUT2D eigenvalue weighted by Gasteiger charge is 2.24. The van der Waals surface area contributed by atoms with Crippen molar-refractivity contribution in [3.8, 4) is 0 Å². The maximum absolute atomic E-state index is 12.3. The third kappa shape index (κ3) is 4.64. The third-order valence-electron chi connectivity index (χ3n) is 4.58. The second-order valence-corrected chi connectivity index (χ2v) is 8.31. The number of hydrogen-bond donors (Lipinski definition) is 2. The second kappa shape index (κ2) is 8.06. The predicted octanol–water partition coefficient (Wildman–Crippen LogP) is 2.34. The summed E-state index contributed by atoms with van der Waals surface area (Å²) >= 11 is 0. The van der Waals surface area contributed by atoms with Gasteiger partial charge in [0.15, 0.2) is 5.78 Å². The molecule has 1 aromatic carbocycles. The van der Waals surface area contributed by atoms with E-state index in [0.29, 0.717) is 5.56 Å². The van der Waals surface area contributed by atoms with E-state index < -0.39 is 10.0 Å². The first-order chi connectivity index (χ1) is 12.9. The van der Waals surface area contributed by atoms with Crippen molar-refractivity contribution in [2.24, 2.45) is 0 Å². The fraction of sp³-hybridized carbons (Fsp3) is 0.368. The zero-order valence-corrected chi connectivity index (χ0v) is 15.8. The molecule has 7 nitrogen and oxygen atoms in total. The smallest absolute Gasteiger partial charge is 0.240 e. The number of ketones is 1. The molecule has 0 aliphatic heterocycles. The number of amides is 1. The summed E-state index contributed by atoms with van der Waals surface area (Å²) in [7, 11) is -3.78. The lowest BCUT2D eigenvalue weighted by atomic mass is 9.93. The van der Waals surface area contributed by atoms with Crippen LogP contribution in [0.4, 0.5) is 0 Å². The highest BCUT2D eigenvalue weighted by Crippen LogP contribution is 2.30. The van der Waals surface area contributed by atoms with Crippen LogP contribution in [0.25, 0.3) is 0 Å². The number of sulfonamides is 1. The molecule has 1 atom stereocenters. The highest BCUT2D eigenvalue weighted by molar-refractivity contribution is 7.89. The van der Waals surface area contributed by atoms with Gasteiger partial charge in [-0.15, -0.1) is 0 Å². The summed E-state index contributed by atoms with van der Waals surface area (Å²) in [5, 5.41) is 2.93. The maximum atomic E-state index is 12.3. The molecule has 0 bridgehead atoms. The molecule has 0 spiro atoms. The molecule has 27 heavy (non-hydrogen) atoms. The molecule has 2 N–H and O–H groups in total. The summed E-state index contributed by atoms with van der Waals surface area (Å²) in [5.74, 6) is 0.462. The molecule has 0 fully saturated rings. The van der Waals surface area contributed by atoms with Crippen molar-refractivity contribution in [3.05, 3.63) is 53.5 Å². The minimum atomic E-state index is -3.78. The van der Waals surface area contributed by atoms with Gasteiger partial charge in [-0.05, 0) is 38.0 Å². The molecule has 3 rings (SSSR count). The van der Waals surface area contributed by atoms with Gasteiger partial charge in [-0.2, -0.15) is 0 Å². The first kappa shape index (κ1) is 19.3. The van der Waals surface area contributed by atoms with Gasteiger partial charge in [-0.25, -0.2) is 13.1 Å². The van der Waals surface area contributed by atoms with Crippen LogP contribution >= 0.6 is 0 Å². The van der Waals surface area contributed by atoms with E-state index in [9.17, 15) is 18.0 Å². The first-order valence-corrected chi connectivity index (χ1v) is 10.3. The molecule has 2 aromatic rings. The van der Waals surface area contributed by atoms with Gasteiger partial charge >= 0.3 is 0 Å². The Kier molecular flexibility index (Phi) is 5.76. The van der Waals surface area contributed by atoms with Crippen molar-refractivity contribution in [3.63, 3.8) is 0 Å². The third-order valence-corrected chi connectivity index (χ3v) is 6.04. The number of carbonyl (C=O) groups is 2. The van der Waals surface area contributed by atoms with E-state index >= 15 is 0 Å². The second-order valence-electron chi connectivity index (χ2n) is 6.54. The van der Waals surface area contributed by atoms with E-state index in [1.54, 1.807) is 12.3 Å². The Morgan fingerprint density at radius 2 is 2.07 bits per heavy atom. The average Bonchev–Trinajstić information content (AvgIpc) is 3.11. The zero-order valence-electron chi connectivity index (χ0n) is 15.0. The van der Waals surface area contributed by atoms with Crippen LogP contribution in [0.15, 0.2) is 45.9 Å². The Bertz CT molecular complexity index is 949. The lowest BCUT2D eigenvalue weighted by molar-refractivity contribution is -0.121. The van der Waals surface area contributed by atoms with E-state index in [1.807, 2.05) is 6.07 Å². The predicted molar refractivity (Wildman–Crippen MR) is 98.8 cm³/mol. The number of Topliss-reactive ketones (excluding diaryl/α,β-unsaturated/α-hetero) is 1. The molecule has 0 saturated carbocycles. The monoisotopic (exact) mass is 390 g/mol. The van der Waals surface area contributed by atoms with Gasteiger partial charge in [0.1, 0.15) is 5.76 Å². The summed E-state index contributed by atoms with van der Waals surface area (Å²) < 4.78 is 32.5. The number of furan rings is 1. The molecule has 1 aliphatic carbocycles. The minimum absolute atomic E-state index is 0.00549. The highest BCUT2D eigenvalue weighted by atomic mass is 32.2. The van der Waals surface area contributed by atoms with Crippen LogP contribution in [-0.2, 0) is 21.2 Å². The lowest BCUT2D eigenvalue weighted by Crippen LogP contribution is -2.34. The van der Waals surface area contributed by atoms with Crippen molar-refractivity contribution in [1.29, 1.82) is 0 Å². The van der Waals surface area contributed by atoms with Gasteiger partial charge in [-0.3, -0.25) is 9.59 Å². The number of fused-ring (bicyclic) bond motifs is 1. The Morgan fingerprint density at radius 3 is 2.85 bits per heavy atom. The molecule has 144 valence electrons. The summed E-state index contributed by atoms with van der Waals surface area (Å²) in [6.07, 6.45) is 4.29. The molecular weight excluding hydrogens is 368 g/mol. The zero-order chi connectivity index (χ0) is 19.4. The number of benzene rings is 1. The number of rotatable bonds is 7. The van der Waals surface area contributed by atoms with Crippen LogP contribution in [-0.4, -0.2) is 26.7 Å². The van der Waals surface area contributed by atoms with Crippen LogP contribution in [0.2, 0.25) is 0 Å². The van der Waals surface area contributed by atoms with Gasteiger partial charge in [0.25, 0.3) is 0 Å². The minimum Gasteiger partial charge on any atom is -0.469 e. The fourth-order valence-corrected chi connectivity index (χ4v) is 4.24. The Labute approximate surface area is 158 Å². The van der Waals surface area contributed by atoms with Gasteiger partial charge in [0, 0.05) is 30.5 Å². The van der Waals surface area contributed by atoms with E-state index in [0.717, 1.165) is 30.6 Å². The standard InChI is InChI=1S/C19H22N2O5S/c1-13(22)14-4-2-5-15(12-14)27(24,25)20-10-8-19(23)21-17-6-3-7-18-16(17)9-11-26-18/h2,4-5,9,11-12,17,20H,3,6-8,10H2,1H3,(H,21,23). The molecule has 1 aromatic heterocycles. The number of carbonyl (C=O) groups excluding carboxylic acids is 2. The lowest BCUT2D eigenvalue weighted by Gasteiger charge is -2.22. The SMILES string of the molecule is CC(=O)c1cccc(S(=O)(=O)NCCC(=O)NC2CCCc3occc32)c1. The van der Waals surface area contributed by atoms with Crippen LogP contribution in [0.3, 0.4) is 0 Å². The molecule has 0 saturated heterocycles. The van der Waals surface area contributed by atoms with Gasteiger partial charge in [0.2, 0.25) is 15.9 Å². The summed E-state index contributed by atoms with van der Waals surface area (Å²) in [6.45, 7) is 1.35. The van der Waals surface area contributed by atoms with Crippen LogP contribution in [0.1, 0.15) is 53.9 Å². The quantitative estimate of drug-likeness (QED) is 0.706. The molecule has 1 unspecified atom stereocenters. The van der Waals surface area contributed by atoms with Crippen LogP contribution in [0.5, 0.6) is 0 Å². The van der Waals surface area contributed by atoms with Crippen molar-refractivity contribution in [1.82, 2.24) is 10.0 Å². The normalized spacial score (nSPS) is 16.6.